The van der Waals surface area contributed by atoms with Gasteiger partial charge in [0, 0.05) is 0 Å². The molecule has 1 heterocycles. The fourth-order valence-electron chi connectivity index (χ4n) is 3.47. The number of nitrogens with zero attached hydrogens (tertiary/aromatic N) is 1. The van der Waals surface area contributed by atoms with E-state index in [1.54, 1.807) is 0 Å². The highest BCUT2D eigenvalue weighted by Crippen LogP contribution is 2.33. The van der Waals surface area contributed by atoms with Crippen LogP contribution in [0, 0.1) is 0 Å². The molecule has 0 fully saturated rings. The van der Waals surface area contributed by atoms with Crippen molar-refractivity contribution < 1.29 is 4.42 Å². The first-order chi connectivity index (χ1) is 12.4. The van der Waals surface area contributed by atoms with Crippen molar-refractivity contribution in [1.29, 1.82) is 0 Å². The van der Waals surface area contributed by atoms with Crippen molar-refractivity contribution in [3.8, 4) is 0 Å². The molecular weight excluding hydrogens is 306 g/mol. The van der Waals surface area contributed by atoms with Crippen LogP contribution in [0.15, 0.2) is 95.7 Å². The van der Waals surface area contributed by atoms with Crippen LogP contribution in [0.5, 0.6) is 0 Å². The summed E-state index contributed by atoms with van der Waals surface area (Å²) in [5, 5.41) is 8.14. The van der Waals surface area contributed by atoms with Crippen LogP contribution in [0.2, 0.25) is 0 Å². The summed E-state index contributed by atoms with van der Waals surface area (Å²) in [5.41, 5.74) is 1.76. The van der Waals surface area contributed by atoms with Gasteiger partial charge in [-0.05, 0) is 44.5 Å². The molecule has 0 atom stereocenters. The Kier molecular flexibility index (Phi) is 3.14. The fourth-order valence-corrected chi connectivity index (χ4v) is 3.47. The lowest BCUT2D eigenvalue weighted by molar-refractivity contribution is 0.602. The number of oxazole rings is 1. The molecule has 0 unspecified atom stereocenters. The molecule has 0 N–H and O–H groups in total. The molecule has 0 bridgehead atoms. The molecule has 0 saturated carbocycles. The zero-order valence-corrected chi connectivity index (χ0v) is 13.5. The molecule has 0 radical (unpaired) electrons. The molecule has 2 heteroatoms. The largest absolute Gasteiger partial charge is 0.443 e. The second-order valence-corrected chi connectivity index (χ2v) is 6.11. The van der Waals surface area contributed by atoms with E-state index in [0.717, 1.165) is 11.1 Å². The van der Waals surface area contributed by atoms with Crippen molar-refractivity contribution in [2.75, 3.05) is 0 Å². The Morgan fingerprint density at radius 2 is 1.04 bits per heavy atom. The van der Waals surface area contributed by atoms with E-state index in [1.807, 2.05) is 24.3 Å². The maximum Gasteiger partial charge on any atom is 0.181 e. The predicted octanol–water partition coefficient (Wildman–Crippen LogP) is 6.41. The van der Waals surface area contributed by atoms with Gasteiger partial charge in [0.1, 0.15) is 5.52 Å². The predicted molar refractivity (Wildman–Crippen MR) is 104 cm³/mol. The zero-order valence-electron chi connectivity index (χ0n) is 13.5. The van der Waals surface area contributed by atoms with Crippen LogP contribution in [0.1, 0.15) is 0 Å². The molecule has 0 aliphatic heterocycles. The van der Waals surface area contributed by atoms with Crippen LogP contribution in [-0.4, -0.2) is 4.98 Å². The molecule has 0 spiro atoms. The first-order valence-electron chi connectivity index (χ1n) is 8.31. The van der Waals surface area contributed by atoms with Crippen LogP contribution < -0.4 is 0 Å². The third-order valence-electron chi connectivity index (χ3n) is 4.63. The molecule has 5 aromatic carbocycles. The Morgan fingerprint density at radius 1 is 0.520 bits per heavy atom. The Labute approximate surface area is 144 Å². The second-order valence-electron chi connectivity index (χ2n) is 6.11. The number of para-hydroxylation sites is 2. The highest BCUT2D eigenvalue weighted by molar-refractivity contribution is 6.22. The van der Waals surface area contributed by atoms with Gasteiger partial charge in [-0.15, -0.1) is 0 Å². The fraction of sp³-hybridized carbons (Fsp3) is 0. The van der Waals surface area contributed by atoms with Crippen molar-refractivity contribution in [3.63, 3.8) is 0 Å². The van der Waals surface area contributed by atoms with Gasteiger partial charge in [0.2, 0.25) is 0 Å². The minimum absolute atomic E-state index is 0.845. The summed E-state index contributed by atoms with van der Waals surface area (Å²) in [4.78, 5) is 3.95. The first kappa shape index (κ1) is 14.0. The maximum atomic E-state index is 5.01. The number of aromatic nitrogens is 1. The maximum absolute atomic E-state index is 5.01. The van der Waals surface area contributed by atoms with Crippen molar-refractivity contribution in [2.24, 2.45) is 0 Å². The molecule has 2 nitrogen and oxygen atoms in total. The number of benzene rings is 5. The summed E-state index contributed by atoms with van der Waals surface area (Å²) in [6.45, 7) is 0. The molecule has 118 valence electrons. The third-order valence-corrected chi connectivity index (χ3v) is 4.63. The van der Waals surface area contributed by atoms with E-state index < -0.39 is 0 Å². The first-order valence-corrected chi connectivity index (χ1v) is 8.31. The van der Waals surface area contributed by atoms with Crippen molar-refractivity contribution in [3.05, 3.63) is 91.3 Å². The minimum atomic E-state index is 0.845. The molecule has 6 aromatic rings. The van der Waals surface area contributed by atoms with Gasteiger partial charge in [-0.2, -0.15) is 0 Å². The van der Waals surface area contributed by atoms with E-state index >= 15 is 0 Å². The summed E-state index contributed by atoms with van der Waals surface area (Å²) < 4.78 is 5.01. The van der Waals surface area contributed by atoms with Crippen molar-refractivity contribution in [2.45, 2.75) is 0 Å². The van der Waals surface area contributed by atoms with Crippen molar-refractivity contribution >= 4 is 43.4 Å². The standard InChI is InChI=1S/C16H10.C7H5NO/c1-3-11-7-9-13-5-2-6-14-10-8-12(4-1)15(11)16(13)14;1-2-4-7-6(3-1)8-5-9-7/h1-10H;1-5H. The van der Waals surface area contributed by atoms with Gasteiger partial charge in [0.15, 0.2) is 12.0 Å². The lowest BCUT2D eigenvalue weighted by atomic mass is 9.95. The molecule has 25 heavy (non-hydrogen) atoms. The van der Waals surface area contributed by atoms with E-state index in [0.29, 0.717) is 0 Å². The topological polar surface area (TPSA) is 26.0 Å². The SMILES string of the molecule is c1cc2ccc3cccc4ccc(c1)c2c34.c1ccc2ocnc2c1. The monoisotopic (exact) mass is 321 g/mol. The zero-order chi connectivity index (χ0) is 16.6. The Balaban J connectivity index is 0.000000132. The van der Waals surface area contributed by atoms with Gasteiger partial charge in [-0.3, -0.25) is 0 Å². The van der Waals surface area contributed by atoms with Gasteiger partial charge in [-0.25, -0.2) is 4.98 Å². The number of fused-ring (bicyclic) bond motifs is 1. The minimum Gasteiger partial charge on any atom is -0.443 e. The van der Waals surface area contributed by atoms with Gasteiger partial charge in [-0.1, -0.05) is 72.8 Å². The van der Waals surface area contributed by atoms with E-state index in [-0.39, 0.29) is 0 Å². The number of hydrogen-bond acceptors (Lipinski definition) is 2. The Bertz CT molecular complexity index is 1140. The van der Waals surface area contributed by atoms with E-state index in [4.69, 9.17) is 4.42 Å². The van der Waals surface area contributed by atoms with E-state index in [2.05, 4.69) is 65.6 Å². The summed E-state index contributed by atoms with van der Waals surface area (Å²) in [5.74, 6) is 0. The van der Waals surface area contributed by atoms with E-state index in [1.165, 1.54) is 38.7 Å². The summed E-state index contributed by atoms with van der Waals surface area (Å²) in [6, 6.07) is 29.5. The second kappa shape index (κ2) is 5.60. The normalized spacial score (nSPS) is 11.2. The van der Waals surface area contributed by atoms with Gasteiger partial charge in [0.05, 0.1) is 0 Å². The molecule has 0 aliphatic rings. The highest BCUT2D eigenvalue weighted by atomic mass is 16.3. The molecule has 0 amide bonds. The van der Waals surface area contributed by atoms with Crippen LogP contribution in [0.4, 0.5) is 0 Å². The Morgan fingerprint density at radius 3 is 1.56 bits per heavy atom. The summed E-state index contributed by atoms with van der Waals surface area (Å²) in [7, 11) is 0. The average Bonchev–Trinajstić information content (AvgIpc) is 3.16. The lowest BCUT2D eigenvalue weighted by Gasteiger charge is -2.09. The van der Waals surface area contributed by atoms with E-state index in [9.17, 15) is 0 Å². The third kappa shape index (κ3) is 2.31. The quantitative estimate of drug-likeness (QED) is 0.302. The van der Waals surface area contributed by atoms with Crippen LogP contribution in [-0.2, 0) is 0 Å². The van der Waals surface area contributed by atoms with Crippen LogP contribution in [0.25, 0.3) is 43.4 Å². The molecular formula is C23H15NO. The average molecular weight is 321 g/mol. The van der Waals surface area contributed by atoms with Gasteiger partial charge >= 0.3 is 0 Å². The number of hydrogen-bond donors (Lipinski definition) is 0. The molecule has 6 rings (SSSR count). The molecule has 0 saturated heterocycles. The van der Waals surface area contributed by atoms with Gasteiger partial charge in [0.25, 0.3) is 0 Å². The number of rotatable bonds is 0. The van der Waals surface area contributed by atoms with Gasteiger partial charge < -0.3 is 4.42 Å². The Hall–Kier alpha value is -3.39. The van der Waals surface area contributed by atoms with Crippen LogP contribution >= 0.6 is 0 Å². The summed E-state index contributed by atoms with van der Waals surface area (Å²) in [6.07, 6.45) is 1.45. The lowest BCUT2D eigenvalue weighted by Crippen LogP contribution is -1.82. The van der Waals surface area contributed by atoms with Crippen molar-refractivity contribution in [1.82, 2.24) is 4.98 Å². The highest BCUT2D eigenvalue weighted by Gasteiger charge is 2.05. The molecule has 1 aromatic heterocycles. The summed E-state index contributed by atoms with van der Waals surface area (Å²) >= 11 is 0. The smallest absolute Gasteiger partial charge is 0.181 e. The molecule has 0 aliphatic carbocycles. The van der Waals surface area contributed by atoms with Crippen LogP contribution in [0.3, 0.4) is 0 Å².